The van der Waals surface area contributed by atoms with Crippen LogP contribution in [0.25, 0.3) is 0 Å². The third kappa shape index (κ3) is 1.97. The molecule has 0 aliphatic carbocycles. The summed E-state index contributed by atoms with van der Waals surface area (Å²) in [5, 5.41) is 9.86. The van der Waals surface area contributed by atoms with Gasteiger partial charge in [-0.3, -0.25) is 4.79 Å². The predicted molar refractivity (Wildman–Crippen MR) is 68.2 cm³/mol. The summed E-state index contributed by atoms with van der Waals surface area (Å²) in [7, 11) is 0. The molecule has 1 N–H and O–H groups in total. The molecule has 0 spiro atoms. The highest BCUT2D eigenvalue weighted by atomic mass is 16.5. The molecule has 2 aliphatic rings. The minimum atomic E-state index is -0.110. The second-order valence-corrected chi connectivity index (χ2v) is 5.12. The number of aromatic hydroxyl groups is 1. The van der Waals surface area contributed by atoms with Crippen molar-refractivity contribution in [1.82, 2.24) is 0 Å². The van der Waals surface area contributed by atoms with Crippen LogP contribution in [-0.2, 0) is 4.74 Å². The van der Waals surface area contributed by atoms with Crippen LogP contribution in [0.3, 0.4) is 0 Å². The van der Waals surface area contributed by atoms with Gasteiger partial charge in [0.2, 0.25) is 0 Å². The van der Waals surface area contributed by atoms with Gasteiger partial charge in [-0.25, -0.2) is 0 Å². The first-order valence-corrected chi connectivity index (χ1v) is 6.38. The molecular weight excluding hydrogens is 230 g/mol. The molecule has 4 heteroatoms. The number of hydrogen-bond acceptors (Lipinski definition) is 4. The number of ether oxygens (including phenoxy) is 1. The normalized spacial score (nSPS) is 26.4. The number of anilines is 1. The summed E-state index contributed by atoms with van der Waals surface area (Å²) in [4.78, 5) is 13.5. The number of ketones is 1. The van der Waals surface area contributed by atoms with E-state index in [9.17, 15) is 9.90 Å². The van der Waals surface area contributed by atoms with E-state index >= 15 is 0 Å². The number of fused-ring (bicyclic) bond motifs is 2. The number of Topliss-reactive ketones (excluding diaryl/α,β-unsaturated/α-hetero) is 1. The highest BCUT2D eigenvalue weighted by Gasteiger charge is 2.33. The molecule has 96 valence electrons. The molecule has 3 rings (SSSR count). The molecule has 0 aromatic heterocycles. The van der Waals surface area contributed by atoms with Crippen LogP contribution in [0, 0.1) is 0 Å². The van der Waals surface area contributed by atoms with Crippen molar-refractivity contribution < 1.29 is 14.6 Å². The average molecular weight is 247 g/mol. The summed E-state index contributed by atoms with van der Waals surface area (Å²) < 4.78 is 5.78. The molecule has 2 saturated heterocycles. The third-order valence-corrected chi connectivity index (χ3v) is 3.77. The smallest absolute Gasteiger partial charge is 0.163 e. The lowest BCUT2D eigenvalue weighted by Crippen LogP contribution is -2.42. The standard InChI is InChI=1S/C14H17NO3/c1-9(16)13-5-2-10(6-14(13)17)15-7-11-3-4-12(8-15)18-11/h2,5-6,11-12,17H,3-4,7-8H2,1H3. The molecule has 18 heavy (non-hydrogen) atoms. The average Bonchev–Trinajstić information content (AvgIpc) is 2.67. The molecule has 2 heterocycles. The Balaban J connectivity index is 1.84. The summed E-state index contributed by atoms with van der Waals surface area (Å²) in [6.07, 6.45) is 2.88. The van der Waals surface area contributed by atoms with Crippen LogP contribution in [0.1, 0.15) is 30.1 Å². The summed E-state index contributed by atoms with van der Waals surface area (Å²) in [5.74, 6) is -0.0417. The molecule has 0 saturated carbocycles. The Morgan fingerprint density at radius 2 is 2.00 bits per heavy atom. The SMILES string of the molecule is CC(=O)c1ccc(N2CC3CCC(C2)O3)cc1O. The molecule has 1 aromatic carbocycles. The fourth-order valence-electron chi connectivity index (χ4n) is 2.84. The van der Waals surface area contributed by atoms with Gasteiger partial charge in [0.1, 0.15) is 5.75 Å². The molecule has 0 amide bonds. The van der Waals surface area contributed by atoms with Gasteiger partial charge in [0.05, 0.1) is 17.8 Å². The van der Waals surface area contributed by atoms with Gasteiger partial charge in [0, 0.05) is 24.8 Å². The second kappa shape index (κ2) is 4.28. The Hall–Kier alpha value is -1.55. The maximum Gasteiger partial charge on any atom is 0.163 e. The largest absolute Gasteiger partial charge is 0.507 e. The fraction of sp³-hybridized carbons (Fsp3) is 0.500. The van der Waals surface area contributed by atoms with Crippen molar-refractivity contribution in [3.63, 3.8) is 0 Å². The summed E-state index contributed by atoms with van der Waals surface area (Å²) in [6, 6.07) is 5.28. The van der Waals surface area contributed by atoms with Gasteiger partial charge < -0.3 is 14.7 Å². The van der Waals surface area contributed by atoms with Crippen molar-refractivity contribution in [2.24, 2.45) is 0 Å². The van der Waals surface area contributed by atoms with Crippen molar-refractivity contribution in [2.75, 3.05) is 18.0 Å². The lowest BCUT2D eigenvalue weighted by atomic mass is 10.1. The van der Waals surface area contributed by atoms with E-state index in [1.165, 1.54) is 6.92 Å². The molecule has 0 radical (unpaired) electrons. The Morgan fingerprint density at radius 1 is 1.33 bits per heavy atom. The van der Waals surface area contributed by atoms with Gasteiger partial charge in [0.25, 0.3) is 0 Å². The van der Waals surface area contributed by atoms with Gasteiger partial charge in [0.15, 0.2) is 5.78 Å². The first-order chi connectivity index (χ1) is 8.63. The summed E-state index contributed by atoms with van der Waals surface area (Å²) >= 11 is 0. The van der Waals surface area contributed by atoms with E-state index in [0.29, 0.717) is 17.8 Å². The van der Waals surface area contributed by atoms with Crippen molar-refractivity contribution in [2.45, 2.75) is 32.0 Å². The van der Waals surface area contributed by atoms with Crippen molar-refractivity contribution in [1.29, 1.82) is 0 Å². The van der Waals surface area contributed by atoms with Gasteiger partial charge in [-0.15, -0.1) is 0 Å². The zero-order chi connectivity index (χ0) is 12.7. The van der Waals surface area contributed by atoms with Crippen LogP contribution >= 0.6 is 0 Å². The summed E-state index contributed by atoms with van der Waals surface area (Å²) in [6.45, 7) is 3.20. The number of benzene rings is 1. The van der Waals surface area contributed by atoms with E-state index in [1.807, 2.05) is 6.07 Å². The molecule has 4 nitrogen and oxygen atoms in total. The summed E-state index contributed by atoms with van der Waals surface area (Å²) in [5.41, 5.74) is 1.35. The number of rotatable bonds is 2. The van der Waals surface area contributed by atoms with E-state index in [0.717, 1.165) is 31.6 Å². The number of phenols is 1. The molecule has 2 unspecified atom stereocenters. The van der Waals surface area contributed by atoms with Gasteiger partial charge >= 0.3 is 0 Å². The van der Waals surface area contributed by atoms with Crippen molar-refractivity contribution in [3.8, 4) is 5.75 Å². The van der Waals surface area contributed by atoms with Gasteiger partial charge in [-0.2, -0.15) is 0 Å². The topological polar surface area (TPSA) is 49.8 Å². The van der Waals surface area contributed by atoms with Crippen molar-refractivity contribution >= 4 is 11.5 Å². The maximum atomic E-state index is 11.3. The lowest BCUT2D eigenvalue weighted by Gasteiger charge is -2.34. The third-order valence-electron chi connectivity index (χ3n) is 3.77. The van der Waals surface area contributed by atoms with Crippen LogP contribution in [0.2, 0.25) is 0 Å². The van der Waals surface area contributed by atoms with E-state index < -0.39 is 0 Å². The fourth-order valence-corrected chi connectivity index (χ4v) is 2.84. The number of carbonyl (C=O) groups excluding carboxylic acids is 1. The molecule has 2 fully saturated rings. The lowest BCUT2D eigenvalue weighted by molar-refractivity contribution is 0.0305. The number of carbonyl (C=O) groups is 1. The van der Waals surface area contributed by atoms with Crippen LogP contribution in [0.4, 0.5) is 5.69 Å². The minimum Gasteiger partial charge on any atom is -0.507 e. The van der Waals surface area contributed by atoms with E-state index in [-0.39, 0.29) is 11.5 Å². The second-order valence-electron chi connectivity index (χ2n) is 5.12. The highest BCUT2D eigenvalue weighted by Crippen LogP contribution is 2.32. The Bertz CT molecular complexity index is 474. The molecule has 2 atom stereocenters. The number of hydrogen-bond donors (Lipinski definition) is 1. The highest BCUT2D eigenvalue weighted by molar-refractivity contribution is 5.97. The van der Waals surface area contributed by atoms with Crippen LogP contribution in [-0.4, -0.2) is 36.2 Å². The maximum absolute atomic E-state index is 11.3. The van der Waals surface area contributed by atoms with Gasteiger partial charge in [-0.05, 0) is 31.9 Å². The Morgan fingerprint density at radius 3 is 2.56 bits per heavy atom. The number of morpholine rings is 1. The molecule has 2 bridgehead atoms. The first kappa shape index (κ1) is 11.5. The zero-order valence-corrected chi connectivity index (χ0v) is 10.4. The predicted octanol–water partition coefficient (Wildman–Crippen LogP) is 1.96. The molecule has 1 aromatic rings. The number of nitrogens with zero attached hydrogens (tertiary/aromatic N) is 1. The quantitative estimate of drug-likeness (QED) is 0.812. The van der Waals surface area contributed by atoms with E-state index in [2.05, 4.69) is 4.90 Å². The van der Waals surface area contributed by atoms with Crippen LogP contribution < -0.4 is 4.90 Å². The van der Waals surface area contributed by atoms with Gasteiger partial charge in [-0.1, -0.05) is 0 Å². The van der Waals surface area contributed by atoms with E-state index in [4.69, 9.17) is 4.74 Å². The Kier molecular flexibility index (Phi) is 2.74. The minimum absolute atomic E-state index is 0.0684. The monoisotopic (exact) mass is 247 g/mol. The van der Waals surface area contributed by atoms with Crippen LogP contribution in [0.15, 0.2) is 18.2 Å². The van der Waals surface area contributed by atoms with Crippen LogP contribution in [0.5, 0.6) is 5.75 Å². The van der Waals surface area contributed by atoms with Crippen molar-refractivity contribution in [3.05, 3.63) is 23.8 Å². The number of phenolic OH excluding ortho intramolecular Hbond substituents is 1. The first-order valence-electron chi connectivity index (χ1n) is 6.38. The van der Waals surface area contributed by atoms with E-state index in [1.54, 1.807) is 12.1 Å². The Labute approximate surface area is 106 Å². The molecule has 2 aliphatic heterocycles. The molecular formula is C14H17NO3. The zero-order valence-electron chi connectivity index (χ0n) is 10.4.